The van der Waals surface area contributed by atoms with Crippen molar-refractivity contribution >= 4 is 11.5 Å². The molecule has 1 N–H and O–H groups in total. The molecule has 0 aliphatic carbocycles. The summed E-state index contributed by atoms with van der Waals surface area (Å²) in [6.07, 6.45) is 4.36. The summed E-state index contributed by atoms with van der Waals surface area (Å²) in [7, 11) is 0. The Kier molecular flexibility index (Phi) is 5.56. The van der Waals surface area contributed by atoms with Gasteiger partial charge in [0.2, 0.25) is 0 Å². The molecule has 0 spiro atoms. The number of carboxylic acids is 1. The number of benzene rings is 2. The predicted molar refractivity (Wildman–Crippen MR) is 100 cm³/mol. The molecule has 2 aromatic rings. The highest BCUT2D eigenvalue weighted by Gasteiger charge is 2.14. The van der Waals surface area contributed by atoms with Crippen LogP contribution in [0.3, 0.4) is 0 Å². The van der Waals surface area contributed by atoms with Crippen molar-refractivity contribution in [3.8, 4) is 6.07 Å². The van der Waals surface area contributed by atoms with Gasteiger partial charge in [-0.15, -0.1) is 0 Å². The normalized spacial score (nSPS) is 12.2. The Hall–Kier alpha value is -3.12. The molecule has 3 nitrogen and oxygen atoms in total. The summed E-state index contributed by atoms with van der Waals surface area (Å²) >= 11 is 0. The molecule has 25 heavy (non-hydrogen) atoms. The number of hydrogen-bond donors (Lipinski definition) is 1. The van der Waals surface area contributed by atoms with E-state index >= 15 is 0 Å². The second kappa shape index (κ2) is 7.63. The van der Waals surface area contributed by atoms with Gasteiger partial charge < -0.3 is 5.11 Å². The Labute approximate surface area is 148 Å². The lowest BCUT2D eigenvalue weighted by molar-refractivity contribution is -0.131. The summed E-state index contributed by atoms with van der Waals surface area (Å²) in [5.74, 6) is -0.996. The van der Waals surface area contributed by atoms with E-state index < -0.39 is 5.97 Å². The van der Waals surface area contributed by atoms with E-state index in [0.29, 0.717) is 5.56 Å². The number of nitriles is 1. The maximum atomic E-state index is 10.8. The van der Waals surface area contributed by atoms with Crippen LogP contribution in [0.2, 0.25) is 0 Å². The fourth-order valence-corrected chi connectivity index (χ4v) is 2.49. The summed E-state index contributed by atoms with van der Waals surface area (Å²) in [6.45, 7) is 6.47. The lowest BCUT2D eigenvalue weighted by Gasteiger charge is -2.19. The Balaban J connectivity index is 2.51. The molecule has 0 atom stereocenters. The summed E-state index contributed by atoms with van der Waals surface area (Å²) in [5, 5.41) is 17.9. The number of allylic oxidation sites excluding steroid dienone is 2. The molecule has 2 rings (SSSR count). The van der Waals surface area contributed by atoms with E-state index in [1.165, 1.54) is 11.6 Å². The predicted octanol–water partition coefficient (Wildman–Crippen LogP) is 4.93. The van der Waals surface area contributed by atoms with E-state index in [0.717, 1.165) is 22.8 Å². The summed E-state index contributed by atoms with van der Waals surface area (Å²) in [4.78, 5) is 10.8. The highest BCUT2D eigenvalue weighted by molar-refractivity contribution is 5.84. The average Bonchev–Trinajstić information content (AvgIpc) is 2.58. The first-order chi connectivity index (χ1) is 11.8. The minimum Gasteiger partial charge on any atom is -0.478 e. The fourth-order valence-electron chi connectivity index (χ4n) is 2.49. The lowest BCUT2D eigenvalue weighted by Crippen LogP contribution is -2.10. The van der Waals surface area contributed by atoms with Gasteiger partial charge in [-0.3, -0.25) is 0 Å². The van der Waals surface area contributed by atoms with Crippen LogP contribution in [0, 0.1) is 11.3 Å². The van der Waals surface area contributed by atoms with Crippen LogP contribution in [0.5, 0.6) is 0 Å². The monoisotopic (exact) mass is 331 g/mol. The van der Waals surface area contributed by atoms with Crippen LogP contribution in [0.1, 0.15) is 43.0 Å². The highest BCUT2D eigenvalue weighted by Crippen LogP contribution is 2.28. The molecule has 0 aromatic heterocycles. The van der Waals surface area contributed by atoms with Gasteiger partial charge in [-0.05, 0) is 39.8 Å². The molecule has 0 heterocycles. The van der Waals surface area contributed by atoms with Crippen LogP contribution in [-0.4, -0.2) is 11.1 Å². The summed E-state index contributed by atoms with van der Waals surface area (Å²) in [5.41, 5.74) is 4.57. The zero-order valence-corrected chi connectivity index (χ0v) is 14.7. The van der Waals surface area contributed by atoms with Crippen LogP contribution in [0.25, 0.3) is 5.57 Å². The Bertz CT molecular complexity index is 860. The van der Waals surface area contributed by atoms with E-state index in [-0.39, 0.29) is 5.41 Å². The van der Waals surface area contributed by atoms with E-state index in [1.54, 1.807) is 18.2 Å². The van der Waals surface area contributed by atoms with Gasteiger partial charge in [-0.25, -0.2) is 4.79 Å². The molecule has 0 saturated heterocycles. The number of carboxylic acid groups (broad SMARTS) is 1. The third-order valence-electron chi connectivity index (χ3n) is 3.87. The van der Waals surface area contributed by atoms with E-state index in [2.05, 4.69) is 39.0 Å². The summed E-state index contributed by atoms with van der Waals surface area (Å²) in [6, 6.07) is 17.6. The molecule has 0 unspecified atom stereocenters. The lowest BCUT2D eigenvalue weighted by atomic mass is 9.85. The van der Waals surface area contributed by atoms with Crippen molar-refractivity contribution in [2.45, 2.75) is 26.2 Å². The maximum absolute atomic E-state index is 10.8. The number of carbonyl (C=O) groups is 1. The van der Waals surface area contributed by atoms with Gasteiger partial charge in [0.25, 0.3) is 0 Å². The van der Waals surface area contributed by atoms with Crippen LogP contribution < -0.4 is 0 Å². The largest absolute Gasteiger partial charge is 0.478 e. The maximum Gasteiger partial charge on any atom is 0.328 e. The second-order valence-corrected chi connectivity index (χ2v) is 6.80. The van der Waals surface area contributed by atoms with Crippen molar-refractivity contribution in [2.75, 3.05) is 0 Å². The number of rotatable bonds is 4. The molecule has 3 heteroatoms. The van der Waals surface area contributed by atoms with Crippen molar-refractivity contribution in [2.24, 2.45) is 0 Å². The third kappa shape index (κ3) is 4.92. The minimum absolute atomic E-state index is 0.0618. The molecule has 0 fully saturated rings. The SMILES string of the molecule is CC(C)(C)c1ccc(C(=CC=CC(=O)O)c2cccc(C#N)c2)cc1. The molecule has 0 aliphatic heterocycles. The zero-order valence-electron chi connectivity index (χ0n) is 14.7. The van der Waals surface area contributed by atoms with E-state index in [4.69, 9.17) is 10.4 Å². The van der Waals surface area contributed by atoms with Crippen molar-refractivity contribution in [3.63, 3.8) is 0 Å². The van der Waals surface area contributed by atoms with Crippen LogP contribution in [-0.2, 0) is 10.2 Å². The van der Waals surface area contributed by atoms with Gasteiger partial charge in [-0.1, -0.05) is 69.3 Å². The van der Waals surface area contributed by atoms with Gasteiger partial charge in [0.1, 0.15) is 0 Å². The molecule has 0 aliphatic rings. The quantitative estimate of drug-likeness (QED) is 0.638. The Morgan fingerprint density at radius 1 is 1.08 bits per heavy atom. The first-order valence-corrected chi connectivity index (χ1v) is 8.04. The van der Waals surface area contributed by atoms with E-state index in [1.807, 2.05) is 24.3 Å². The Morgan fingerprint density at radius 3 is 2.32 bits per heavy atom. The molecule has 0 radical (unpaired) electrons. The Morgan fingerprint density at radius 2 is 1.76 bits per heavy atom. The van der Waals surface area contributed by atoms with Gasteiger partial charge in [-0.2, -0.15) is 5.26 Å². The molecular weight excluding hydrogens is 310 g/mol. The smallest absolute Gasteiger partial charge is 0.328 e. The number of aliphatic carboxylic acids is 1. The van der Waals surface area contributed by atoms with Crippen molar-refractivity contribution in [1.82, 2.24) is 0 Å². The van der Waals surface area contributed by atoms with Crippen molar-refractivity contribution in [3.05, 3.63) is 89.0 Å². The third-order valence-corrected chi connectivity index (χ3v) is 3.87. The van der Waals surface area contributed by atoms with Crippen LogP contribution in [0.4, 0.5) is 0 Å². The van der Waals surface area contributed by atoms with E-state index in [9.17, 15) is 4.79 Å². The van der Waals surface area contributed by atoms with Crippen LogP contribution >= 0.6 is 0 Å². The zero-order chi connectivity index (χ0) is 18.4. The molecule has 126 valence electrons. The fraction of sp³-hybridized carbons (Fsp3) is 0.182. The van der Waals surface area contributed by atoms with Crippen molar-refractivity contribution < 1.29 is 9.90 Å². The highest BCUT2D eigenvalue weighted by atomic mass is 16.4. The average molecular weight is 331 g/mol. The number of hydrogen-bond acceptors (Lipinski definition) is 2. The van der Waals surface area contributed by atoms with Crippen LogP contribution in [0.15, 0.2) is 66.8 Å². The van der Waals surface area contributed by atoms with Crippen molar-refractivity contribution in [1.29, 1.82) is 5.26 Å². The van der Waals surface area contributed by atoms with Gasteiger partial charge >= 0.3 is 5.97 Å². The molecule has 0 bridgehead atoms. The molecule has 2 aromatic carbocycles. The van der Waals surface area contributed by atoms with Gasteiger partial charge in [0.15, 0.2) is 0 Å². The summed E-state index contributed by atoms with van der Waals surface area (Å²) < 4.78 is 0. The molecule has 0 amide bonds. The minimum atomic E-state index is -0.996. The van der Waals surface area contributed by atoms with Gasteiger partial charge in [0.05, 0.1) is 11.6 Å². The number of nitrogens with zero attached hydrogens (tertiary/aromatic N) is 1. The second-order valence-electron chi connectivity index (χ2n) is 6.80. The van der Waals surface area contributed by atoms with Gasteiger partial charge in [0, 0.05) is 6.08 Å². The first-order valence-electron chi connectivity index (χ1n) is 8.04. The standard InChI is InChI=1S/C22H21NO2/c1-22(2,3)19-12-10-17(11-13-19)20(8-5-9-21(24)25)18-7-4-6-16(14-18)15-23/h4-14H,1-3H3,(H,24,25). The first kappa shape index (κ1) is 18.2. The topological polar surface area (TPSA) is 61.1 Å². The molecular formula is C22H21NO2. The molecule has 0 saturated carbocycles.